The van der Waals surface area contributed by atoms with Crippen molar-refractivity contribution in [2.75, 3.05) is 0 Å². The molecule has 0 radical (unpaired) electrons. The predicted molar refractivity (Wildman–Crippen MR) is 127 cm³/mol. The van der Waals surface area contributed by atoms with Gasteiger partial charge in [0, 0.05) is 22.5 Å². The number of amides is 1. The Morgan fingerprint density at radius 3 is 2.52 bits per heavy atom. The third-order valence-corrected chi connectivity index (χ3v) is 6.89. The first kappa shape index (κ1) is 20.0. The van der Waals surface area contributed by atoms with Crippen LogP contribution in [0, 0.1) is 0 Å². The Labute approximate surface area is 193 Å². The second-order valence-corrected chi connectivity index (χ2v) is 8.98. The van der Waals surface area contributed by atoms with Crippen LogP contribution in [0.2, 0.25) is 0 Å². The van der Waals surface area contributed by atoms with Gasteiger partial charge in [0.1, 0.15) is 0 Å². The van der Waals surface area contributed by atoms with Gasteiger partial charge in [0.2, 0.25) is 0 Å². The van der Waals surface area contributed by atoms with E-state index in [1.807, 2.05) is 47.3 Å². The number of nitrogens with zero attached hydrogens (tertiary/aromatic N) is 4. The maximum Gasteiger partial charge on any atom is 0.272 e. The number of para-hydroxylation sites is 1. The van der Waals surface area contributed by atoms with Crippen molar-refractivity contribution in [3.8, 4) is 5.69 Å². The third-order valence-electron chi connectivity index (χ3n) is 6.89. The number of rotatable bonds is 5. The Bertz CT molecular complexity index is 1290. The maximum absolute atomic E-state index is 13.4. The van der Waals surface area contributed by atoms with Crippen molar-refractivity contribution < 1.29 is 4.79 Å². The lowest BCUT2D eigenvalue weighted by Gasteiger charge is -2.24. The summed E-state index contributed by atoms with van der Waals surface area (Å²) >= 11 is 0. The van der Waals surface area contributed by atoms with E-state index in [9.17, 15) is 4.79 Å². The predicted octanol–water partition coefficient (Wildman–Crippen LogP) is 4.41. The van der Waals surface area contributed by atoms with Crippen LogP contribution in [-0.2, 0) is 25.8 Å². The molecule has 0 bridgehead atoms. The Morgan fingerprint density at radius 2 is 1.70 bits per heavy atom. The summed E-state index contributed by atoms with van der Waals surface area (Å²) in [4.78, 5) is 13.4. The molecule has 0 saturated heterocycles. The fourth-order valence-electron chi connectivity index (χ4n) is 5.29. The minimum Gasteiger partial charge on any atom is -0.344 e. The zero-order valence-electron chi connectivity index (χ0n) is 18.6. The van der Waals surface area contributed by atoms with E-state index in [-0.39, 0.29) is 11.9 Å². The van der Waals surface area contributed by atoms with E-state index in [1.54, 1.807) is 0 Å². The Hall–Kier alpha value is -3.67. The van der Waals surface area contributed by atoms with E-state index < -0.39 is 0 Å². The molecule has 2 aliphatic rings. The Kier molecular flexibility index (Phi) is 5.06. The molecule has 2 heterocycles. The topological polar surface area (TPSA) is 64.7 Å². The van der Waals surface area contributed by atoms with Crippen molar-refractivity contribution >= 4 is 5.91 Å². The standard InChI is InChI=1S/C27H27N5O/c33-27(26-21-13-7-16-25(21)32(30-26)20-11-5-2-6-12-20)29-23-14-8-15-24-22(23)17-28-31(24)18-19-9-3-1-4-10-19/h1-6,9-12,17,23H,7-8,13-16,18H2,(H,29,33)/t23-/m1/s1. The highest BCUT2D eigenvalue weighted by atomic mass is 16.2. The molecular formula is C27H27N5O. The second kappa shape index (κ2) is 8.35. The van der Waals surface area contributed by atoms with Gasteiger partial charge in [-0.3, -0.25) is 9.48 Å². The molecule has 6 nitrogen and oxygen atoms in total. The molecule has 1 amide bonds. The Balaban J connectivity index is 1.26. The Morgan fingerprint density at radius 1 is 0.939 bits per heavy atom. The van der Waals surface area contributed by atoms with Gasteiger partial charge in [-0.05, 0) is 56.2 Å². The lowest BCUT2D eigenvalue weighted by Crippen LogP contribution is -2.32. The molecule has 33 heavy (non-hydrogen) atoms. The number of aromatic nitrogens is 4. The van der Waals surface area contributed by atoms with Gasteiger partial charge in [-0.1, -0.05) is 48.5 Å². The maximum atomic E-state index is 13.4. The molecule has 0 fully saturated rings. The number of carbonyl (C=O) groups is 1. The van der Waals surface area contributed by atoms with E-state index in [0.29, 0.717) is 5.69 Å². The van der Waals surface area contributed by atoms with Crippen LogP contribution in [0.15, 0.2) is 66.9 Å². The summed E-state index contributed by atoms with van der Waals surface area (Å²) in [7, 11) is 0. The molecule has 6 rings (SSSR count). The molecule has 0 unspecified atom stereocenters. The van der Waals surface area contributed by atoms with Crippen LogP contribution in [-0.4, -0.2) is 25.5 Å². The molecule has 2 aromatic carbocycles. The summed E-state index contributed by atoms with van der Waals surface area (Å²) in [6.07, 6.45) is 7.84. The van der Waals surface area contributed by atoms with Crippen LogP contribution < -0.4 is 5.32 Å². The van der Waals surface area contributed by atoms with Crippen molar-refractivity contribution in [2.24, 2.45) is 0 Å². The van der Waals surface area contributed by atoms with Gasteiger partial charge < -0.3 is 5.32 Å². The summed E-state index contributed by atoms with van der Waals surface area (Å²) in [6, 6.07) is 20.5. The summed E-state index contributed by atoms with van der Waals surface area (Å²) < 4.78 is 4.05. The number of carbonyl (C=O) groups excluding carboxylic acids is 1. The molecule has 1 atom stereocenters. The molecule has 6 heteroatoms. The van der Waals surface area contributed by atoms with Crippen molar-refractivity contribution in [3.05, 3.63) is 101 Å². The van der Waals surface area contributed by atoms with Gasteiger partial charge in [-0.15, -0.1) is 0 Å². The van der Waals surface area contributed by atoms with Crippen molar-refractivity contribution in [2.45, 2.75) is 51.1 Å². The number of hydrogen-bond acceptors (Lipinski definition) is 3. The summed E-state index contributed by atoms with van der Waals surface area (Å²) in [6.45, 7) is 0.756. The zero-order valence-corrected chi connectivity index (χ0v) is 18.6. The smallest absolute Gasteiger partial charge is 0.272 e. The fourth-order valence-corrected chi connectivity index (χ4v) is 5.29. The van der Waals surface area contributed by atoms with Crippen molar-refractivity contribution in [3.63, 3.8) is 0 Å². The van der Waals surface area contributed by atoms with Crippen LogP contribution in [0.5, 0.6) is 0 Å². The van der Waals surface area contributed by atoms with Crippen LogP contribution in [0.1, 0.15) is 63.9 Å². The number of nitrogens with one attached hydrogen (secondary N) is 1. The van der Waals surface area contributed by atoms with Crippen molar-refractivity contribution in [1.29, 1.82) is 0 Å². The zero-order chi connectivity index (χ0) is 22.2. The first-order chi connectivity index (χ1) is 16.3. The first-order valence-corrected chi connectivity index (χ1v) is 11.8. The number of benzene rings is 2. The molecule has 2 aliphatic carbocycles. The van der Waals surface area contributed by atoms with Gasteiger partial charge in [-0.25, -0.2) is 4.68 Å². The highest BCUT2D eigenvalue weighted by molar-refractivity contribution is 5.94. The van der Waals surface area contributed by atoms with Crippen LogP contribution in [0.4, 0.5) is 0 Å². The van der Waals surface area contributed by atoms with Crippen LogP contribution in [0.3, 0.4) is 0 Å². The summed E-state index contributed by atoms with van der Waals surface area (Å²) in [5.41, 5.74) is 7.47. The molecule has 0 spiro atoms. The van der Waals surface area contributed by atoms with E-state index in [4.69, 9.17) is 5.10 Å². The minimum absolute atomic E-state index is 0.0234. The second-order valence-electron chi connectivity index (χ2n) is 8.98. The molecule has 2 aromatic heterocycles. The quantitative estimate of drug-likeness (QED) is 0.503. The van der Waals surface area contributed by atoms with Crippen LogP contribution >= 0.6 is 0 Å². The molecule has 0 aliphatic heterocycles. The lowest BCUT2D eigenvalue weighted by atomic mass is 9.92. The van der Waals surface area contributed by atoms with E-state index in [2.05, 4.69) is 39.4 Å². The molecule has 166 valence electrons. The van der Waals surface area contributed by atoms with Gasteiger partial charge >= 0.3 is 0 Å². The minimum atomic E-state index is -0.0727. The third kappa shape index (κ3) is 3.65. The summed E-state index contributed by atoms with van der Waals surface area (Å²) in [5.74, 6) is -0.0727. The average molecular weight is 438 g/mol. The largest absolute Gasteiger partial charge is 0.344 e. The molecule has 1 N–H and O–H groups in total. The summed E-state index contributed by atoms with van der Waals surface area (Å²) in [5, 5.41) is 12.7. The highest BCUT2D eigenvalue weighted by Crippen LogP contribution is 2.32. The normalized spacial score (nSPS) is 16.9. The molecule has 0 saturated carbocycles. The molecular weight excluding hydrogens is 410 g/mol. The van der Waals surface area contributed by atoms with Gasteiger partial charge in [0.25, 0.3) is 5.91 Å². The van der Waals surface area contributed by atoms with Gasteiger partial charge in [0.05, 0.1) is 24.5 Å². The average Bonchev–Trinajstić information content (AvgIpc) is 3.57. The van der Waals surface area contributed by atoms with Gasteiger partial charge in [-0.2, -0.15) is 10.2 Å². The SMILES string of the molecule is O=C(N[C@@H]1CCCc2c1cnn2Cc1ccccc1)c1nn(-c2ccccc2)c2c1CCC2. The van der Waals surface area contributed by atoms with Crippen molar-refractivity contribution in [1.82, 2.24) is 24.9 Å². The lowest BCUT2D eigenvalue weighted by molar-refractivity contribution is 0.0926. The fraction of sp³-hybridized carbons (Fsp3) is 0.296. The number of hydrogen-bond donors (Lipinski definition) is 1. The van der Waals surface area contributed by atoms with E-state index in [1.165, 1.54) is 17.0 Å². The molecule has 4 aromatic rings. The monoisotopic (exact) mass is 437 g/mol. The highest BCUT2D eigenvalue weighted by Gasteiger charge is 2.30. The van der Waals surface area contributed by atoms with Crippen LogP contribution in [0.25, 0.3) is 5.69 Å². The van der Waals surface area contributed by atoms with Gasteiger partial charge in [0.15, 0.2) is 5.69 Å². The number of fused-ring (bicyclic) bond motifs is 2. The first-order valence-electron chi connectivity index (χ1n) is 11.8. The van der Waals surface area contributed by atoms with E-state index in [0.717, 1.165) is 61.9 Å². The van der Waals surface area contributed by atoms with E-state index >= 15 is 0 Å².